The summed E-state index contributed by atoms with van der Waals surface area (Å²) in [6.45, 7) is 0. The Labute approximate surface area is 58.4 Å². The van der Waals surface area contributed by atoms with Gasteiger partial charge in [0.15, 0.2) is 0 Å². The van der Waals surface area contributed by atoms with E-state index in [2.05, 4.69) is 0 Å². The second-order valence-electron chi connectivity index (χ2n) is 1.46. The fourth-order valence-electron chi connectivity index (χ4n) is 0.342. The highest BCUT2D eigenvalue weighted by Gasteiger charge is 1.98. The number of nitriles is 3. The lowest BCUT2D eigenvalue weighted by atomic mass is 10.2. The van der Waals surface area contributed by atoms with Crippen LogP contribution < -0.4 is 5.73 Å². The second-order valence-corrected chi connectivity index (χ2v) is 1.46. The van der Waals surface area contributed by atoms with E-state index in [-0.39, 0.29) is 17.7 Å². The molecule has 0 heterocycles. The predicted molar refractivity (Wildman–Crippen MR) is 32.7 cm³/mol. The minimum atomic E-state index is -0.179. The second kappa shape index (κ2) is 3.95. The average Bonchev–Trinajstić information content (AvgIpc) is 1.91. The van der Waals surface area contributed by atoms with Gasteiger partial charge in [-0.1, -0.05) is 0 Å². The van der Waals surface area contributed by atoms with Gasteiger partial charge in [0.25, 0.3) is 0 Å². The van der Waals surface area contributed by atoms with Crippen LogP contribution in [0.3, 0.4) is 0 Å². The Hall–Kier alpha value is -1.99. The minimum absolute atomic E-state index is 0.0347. The van der Waals surface area contributed by atoms with Crippen LogP contribution in [0.1, 0.15) is 6.42 Å². The molecule has 0 atom stereocenters. The molecule has 0 unspecified atom stereocenters. The summed E-state index contributed by atoms with van der Waals surface area (Å²) in [4.78, 5) is 0. The van der Waals surface area contributed by atoms with E-state index in [0.29, 0.717) is 0 Å². The molecule has 0 aliphatic carbocycles. The first-order chi connectivity index (χ1) is 4.76. The Morgan fingerprint density at radius 2 is 1.70 bits per heavy atom. The zero-order chi connectivity index (χ0) is 7.98. The Bertz CT molecular complexity index is 252. The summed E-state index contributed by atoms with van der Waals surface area (Å²) in [6, 6.07) is 4.89. The SMILES string of the molecule is N#CCC(N)=C(C#N)C#N. The molecule has 0 saturated heterocycles. The van der Waals surface area contributed by atoms with Gasteiger partial charge in [0.1, 0.15) is 17.7 Å². The number of hydrogen-bond donors (Lipinski definition) is 1. The molecule has 0 spiro atoms. The Morgan fingerprint density at radius 3 is 2.00 bits per heavy atom. The summed E-state index contributed by atoms with van der Waals surface area (Å²) in [5, 5.41) is 24.5. The third kappa shape index (κ3) is 1.86. The number of hydrogen-bond acceptors (Lipinski definition) is 4. The summed E-state index contributed by atoms with van der Waals surface area (Å²) < 4.78 is 0. The van der Waals surface area contributed by atoms with Crippen molar-refractivity contribution in [2.45, 2.75) is 6.42 Å². The Kier molecular flexibility index (Phi) is 3.16. The van der Waals surface area contributed by atoms with Crippen LogP contribution in [0.5, 0.6) is 0 Å². The highest BCUT2D eigenvalue weighted by molar-refractivity contribution is 5.39. The van der Waals surface area contributed by atoms with Gasteiger partial charge in [-0.3, -0.25) is 0 Å². The van der Waals surface area contributed by atoms with Gasteiger partial charge >= 0.3 is 0 Å². The fraction of sp³-hybridized carbons (Fsp3) is 0.167. The van der Waals surface area contributed by atoms with Crippen LogP contribution in [0, 0.1) is 34.0 Å². The first-order valence-electron chi connectivity index (χ1n) is 2.42. The maximum atomic E-state index is 8.20. The number of allylic oxidation sites excluding steroid dienone is 2. The van der Waals surface area contributed by atoms with Gasteiger partial charge in [0.05, 0.1) is 18.2 Å². The summed E-state index contributed by atoms with van der Waals surface area (Å²) >= 11 is 0. The van der Waals surface area contributed by atoms with E-state index in [9.17, 15) is 0 Å². The molecule has 0 rings (SSSR count). The molecule has 0 fully saturated rings. The van der Waals surface area contributed by atoms with Gasteiger partial charge < -0.3 is 5.73 Å². The highest BCUT2D eigenvalue weighted by Crippen LogP contribution is 1.98. The van der Waals surface area contributed by atoms with Crippen molar-refractivity contribution in [3.05, 3.63) is 11.3 Å². The molecule has 0 bridgehead atoms. The van der Waals surface area contributed by atoms with E-state index < -0.39 is 0 Å². The first kappa shape index (κ1) is 8.01. The zero-order valence-corrected chi connectivity index (χ0v) is 5.13. The number of nitrogens with two attached hydrogens (primary N) is 1. The summed E-state index contributed by atoms with van der Waals surface area (Å²) in [5.41, 5.74) is 5.02. The standard InChI is InChI=1S/C6H4N4/c7-2-1-6(10)5(3-8)4-9/h1,10H2. The maximum Gasteiger partial charge on any atom is 0.149 e. The molecule has 0 amide bonds. The van der Waals surface area contributed by atoms with Gasteiger partial charge in [-0.2, -0.15) is 15.8 Å². The molecular formula is C6H4N4. The number of nitrogens with zero attached hydrogens (tertiary/aromatic N) is 3. The fourth-order valence-corrected chi connectivity index (χ4v) is 0.342. The molecule has 0 aliphatic heterocycles. The maximum absolute atomic E-state index is 8.20. The molecule has 4 nitrogen and oxygen atoms in total. The van der Waals surface area contributed by atoms with Crippen LogP contribution in [0.15, 0.2) is 11.3 Å². The quantitative estimate of drug-likeness (QED) is 0.514. The molecule has 0 saturated carbocycles. The molecule has 0 radical (unpaired) electrons. The third-order valence-electron chi connectivity index (χ3n) is 0.814. The molecule has 0 aromatic carbocycles. The molecule has 0 aliphatic rings. The lowest BCUT2D eigenvalue weighted by Crippen LogP contribution is -1.99. The molecule has 0 aromatic heterocycles. The van der Waals surface area contributed by atoms with Gasteiger partial charge in [-0.15, -0.1) is 0 Å². The topological polar surface area (TPSA) is 97.4 Å². The van der Waals surface area contributed by atoms with Crippen LogP contribution >= 0.6 is 0 Å². The predicted octanol–water partition coefficient (Wildman–Crippen LogP) is 0.160. The lowest BCUT2D eigenvalue weighted by Gasteiger charge is -1.88. The monoisotopic (exact) mass is 132 g/mol. The minimum Gasteiger partial charge on any atom is -0.400 e. The van der Waals surface area contributed by atoms with Gasteiger partial charge in [-0.25, -0.2) is 0 Å². The lowest BCUT2D eigenvalue weighted by molar-refractivity contribution is 1.15. The van der Waals surface area contributed by atoms with Gasteiger partial charge in [-0.05, 0) is 0 Å². The van der Waals surface area contributed by atoms with Crippen LogP contribution in [0.2, 0.25) is 0 Å². The van der Waals surface area contributed by atoms with Crippen molar-refractivity contribution in [2.24, 2.45) is 5.73 Å². The molecule has 10 heavy (non-hydrogen) atoms. The summed E-state index contributed by atoms with van der Waals surface area (Å²) in [6.07, 6.45) is -0.0730. The molecule has 48 valence electrons. The smallest absolute Gasteiger partial charge is 0.149 e. The van der Waals surface area contributed by atoms with Crippen molar-refractivity contribution in [3.8, 4) is 18.2 Å². The Balaban J connectivity index is 4.56. The van der Waals surface area contributed by atoms with Crippen molar-refractivity contribution in [2.75, 3.05) is 0 Å². The van der Waals surface area contributed by atoms with Crippen molar-refractivity contribution in [3.63, 3.8) is 0 Å². The third-order valence-corrected chi connectivity index (χ3v) is 0.814. The zero-order valence-electron chi connectivity index (χ0n) is 5.13. The normalized spacial score (nSPS) is 6.50. The largest absolute Gasteiger partial charge is 0.400 e. The van der Waals surface area contributed by atoms with Gasteiger partial charge in [0.2, 0.25) is 0 Å². The van der Waals surface area contributed by atoms with E-state index >= 15 is 0 Å². The van der Waals surface area contributed by atoms with Crippen molar-refractivity contribution >= 4 is 0 Å². The van der Waals surface area contributed by atoms with Crippen LogP contribution in [-0.4, -0.2) is 0 Å². The summed E-state index contributed by atoms with van der Waals surface area (Å²) in [7, 11) is 0. The summed E-state index contributed by atoms with van der Waals surface area (Å²) in [5.74, 6) is 0. The van der Waals surface area contributed by atoms with Crippen LogP contribution in [-0.2, 0) is 0 Å². The van der Waals surface area contributed by atoms with Crippen LogP contribution in [0.4, 0.5) is 0 Å². The van der Waals surface area contributed by atoms with Crippen molar-refractivity contribution in [1.82, 2.24) is 0 Å². The number of rotatable bonds is 1. The van der Waals surface area contributed by atoms with E-state index in [0.717, 1.165) is 0 Å². The average molecular weight is 132 g/mol. The van der Waals surface area contributed by atoms with E-state index in [1.165, 1.54) is 0 Å². The Morgan fingerprint density at radius 1 is 1.20 bits per heavy atom. The first-order valence-corrected chi connectivity index (χ1v) is 2.42. The highest BCUT2D eigenvalue weighted by atomic mass is 14.6. The molecule has 4 heteroatoms. The molecular weight excluding hydrogens is 128 g/mol. The van der Waals surface area contributed by atoms with Crippen molar-refractivity contribution in [1.29, 1.82) is 15.8 Å². The van der Waals surface area contributed by atoms with Gasteiger partial charge in [0, 0.05) is 0 Å². The molecule has 2 N–H and O–H groups in total. The van der Waals surface area contributed by atoms with Crippen molar-refractivity contribution < 1.29 is 0 Å². The molecule has 0 aromatic rings. The van der Waals surface area contributed by atoms with E-state index in [1.807, 2.05) is 0 Å². The van der Waals surface area contributed by atoms with E-state index in [1.54, 1.807) is 18.2 Å². The van der Waals surface area contributed by atoms with E-state index in [4.69, 9.17) is 21.5 Å². The van der Waals surface area contributed by atoms with Crippen LogP contribution in [0.25, 0.3) is 0 Å².